The lowest BCUT2D eigenvalue weighted by Crippen LogP contribution is -2.34. The quantitative estimate of drug-likeness (QED) is 0.510. The van der Waals surface area contributed by atoms with Crippen LogP contribution in [0.5, 0.6) is 5.75 Å². The van der Waals surface area contributed by atoms with Crippen molar-refractivity contribution in [2.45, 2.75) is 40.2 Å². The van der Waals surface area contributed by atoms with Crippen LogP contribution in [0.3, 0.4) is 0 Å². The van der Waals surface area contributed by atoms with Crippen LogP contribution in [0.15, 0.2) is 23.9 Å². The van der Waals surface area contributed by atoms with Crippen molar-refractivity contribution < 1.29 is 28.6 Å². The van der Waals surface area contributed by atoms with Crippen LogP contribution in [-0.2, 0) is 19.1 Å². The molecule has 1 aromatic carbocycles. The summed E-state index contributed by atoms with van der Waals surface area (Å²) in [7, 11) is 1.21. The van der Waals surface area contributed by atoms with E-state index in [-0.39, 0.29) is 5.70 Å². The molecule has 1 amide bonds. The van der Waals surface area contributed by atoms with E-state index in [2.05, 4.69) is 10.1 Å². The van der Waals surface area contributed by atoms with Crippen LogP contribution < -0.4 is 10.1 Å². The van der Waals surface area contributed by atoms with Crippen LogP contribution in [0.1, 0.15) is 38.8 Å². The van der Waals surface area contributed by atoms with Gasteiger partial charge < -0.3 is 14.2 Å². The third-order valence-corrected chi connectivity index (χ3v) is 2.80. The minimum atomic E-state index is -0.766. The molecule has 25 heavy (non-hydrogen) atoms. The largest absolute Gasteiger partial charge is 0.464 e. The number of benzene rings is 1. The summed E-state index contributed by atoms with van der Waals surface area (Å²) >= 11 is 0. The highest BCUT2D eigenvalue weighted by molar-refractivity contribution is 5.96. The summed E-state index contributed by atoms with van der Waals surface area (Å²) < 4.78 is 14.9. The zero-order valence-electron chi connectivity index (χ0n) is 15.3. The Morgan fingerprint density at radius 3 is 2.28 bits per heavy atom. The maximum absolute atomic E-state index is 11.9. The van der Waals surface area contributed by atoms with Gasteiger partial charge in [0, 0.05) is 6.92 Å². The van der Waals surface area contributed by atoms with Gasteiger partial charge in [0.2, 0.25) is 0 Å². The summed E-state index contributed by atoms with van der Waals surface area (Å²) in [6, 6.07) is 4.95. The van der Waals surface area contributed by atoms with Crippen molar-refractivity contribution in [3.05, 3.63) is 35.0 Å². The fraction of sp³-hybridized carbons (Fsp3) is 0.389. The molecule has 0 bridgehead atoms. The number of amides is 1. The first-order valence-electron chi connectivity index (χ1n) is 7.61. The van der Waals surface area contributed by atoms with Gasteiger partial charge in [-0.05, 0) is 57.0 Å². The van der Waals surface area contributed by atoms with Crippen LogP contribution in [0.4, 0.5) is 4.79 Å². The van der Waals surface area contributed by atoms with Crippen LogP contribution in [-0.4, -0.2) is 30.7 Å². The molecule has 0 saturated carbocycles. The summed E-state index contributed by atoms with van der Waals surface area (Å²) in [5.74, 6) is -0.717. The number of hydrogen-bond acceptors (Lipinski definition) is 6. The SMILES string of the molecule is COC(=O)C(=Cc1ccc(OC(C)=O)c(C)c1)NC(=O)OC(C)(C)C. The third-order valence-electron chi connectivity index (χ3n) is 2.80. The smallest absolute Gasteiger partial charge is 0.412 e. The molecule has 1 N–H and O–H groups in total. The highest BCUT2D eigenvalue weighted by Gasteiger charge is 2.20. The number of esters is 2. The number of nitrogens with one attached hydrogen (secondary N) is 1. The Hall–Kier alpha value is -2.83. The average Bonchev–Trinajstić information content (AvgIpc) is 2.46. The van der Waals surface area contributed by atoms with E-state index in [9.17, 15) is 14.4 Å². The van der Waals surface area contributed by atoms with Crippen LogP contribution >= 0.6 is 0 Å². The van der Waals surface area contributed by atoms with E-state index in [1.165, 1.54) is 20.1 Å². The molecule has 0 atom stereocenters. The van der Waals surface area contributed by atoms with Gasteiger partial charge in [-0.1, -0.05) is 6.07 Å². The standard InChI is InChI=1S/C18H23NO6/c1-11-9-13(7-8-15(11)24-12(2)20)10-14(16(21)23-6)19-17(22)25-18(3,4)5/h7-10H,1-6H3,(H,19,22). The molecule has 0 heterocycles. The van der Waals surface area contributed by atoms with Crippen LogP contribution in [0.25, 0.3) is 6.08 Å². The van der Waals surface area contributed by atoms with E-state index in [0.717, 1.165) is 0 Å². The van der Waals surface area contributed by atoms with Gasteiger partial charge in [-0.3, -0.25) is 10.1 Å². The van der Waals surface area contributed by atoms with E-state index in [4.69, 9.17) is 9.47 Å². The summed E-state index contributed by atoms with van der Waals surface area (Å²) in [6.07, 6.45) is 0.678. The molecule has 0 aliphatic carbocycles. The molecule has 1 aromatic rings. The first kappa shape index (κ1) is 20.2. The first-order valence-corrected chi connectivity index (χ1v) is 7.61. The molecule has 0 aliphatic rings. The van der Waals surface area contributed by atoms with E-state index in [1.54, 1.807) is 45.9 Å². The monoisotopic (exact) mass is 349 g/mol. The Morgan fingerprint density at radius 1 is 1.16 bits per heavy atom. The van der Waals surface area contributed by atoms with Gasteiger partial charge in [0.25, 0.3) is 0 Å². The number of hydrogen-bond donors (Lipinski definition) is 1. The van der Waals surface area contributed by atoms with E-state index in [0.29, 0.717) is 16.9 Å². The van der Waals surface area contributed by atoms with Crippen LogP contribution in [0.2, 0.25) is 0 Å². The van der Waals surface area contributed by atoms with Crippen molar-refractivity contribution in [2.24, 2.45) is 0 Å². The normalized spacial score (nSPS) is 11.5. The molecule has 7 nitrogen and oxygen atoms in total. The van der Waals surface area contributed by atoms with Crippen LogP contribution in [0, 0.1) is 6.92 Å². The Labute approximate surface area is 146 Å². The van der Waals surface area contributed by atoms with Crippen molar-refractivity contribution in [3.8, 4) is 5.75 Å². The fourth-order valence-corrected chi connectivity index (χ4v) is 1.87. The zero-order chi connectivity index (χ0) is 19.2. The van der Waals surface area contributed by atoms with Crippen molar-refractivity contribution in [2.75, 3.05) is 7.11 Å². The van der Waals surface area contributed by atoms with E-state index in [1.807, 2.05) is 0 Å². The molecular weight excluding hydrogens is 326 g/mol. The lowest BCUT2D eigenvalue weighted by atomic mass is 10.1. The number of carbonyl (C=O) groups is 3. The highest BCUT2D eigenvalue weighted by Crippen LogP contribution is 2.21. The molecule has 0 radical (unpaired) electrons. The Bertz CT molecular complexity index is 700. The van der Waals surface area contributed by atoms with Gasteiger partial charge in [0.05, 0.1) is 7.11 Å². The van der Waals surface area contributed by atoms with E-state index < -0.39 is 23.6 Å². The maximum atomic E-state index is 11.9. The predicted molar refractivity (Wildman–Crippen MR) is 91.9 cm³/mol. The summed E-state index contributed by atoms with van der Waals surface area (Å²) in [5.41, 5.74) is 0.541. The van der Waals surface area contributed by atoms with Crippen molar-refractivity contribution >= 4 is 24.1 Å². The van der Waals surface area contributed by atoms with Crippen molar-refractivity contribution in [1.82, 2.24) is 5.32 Å². The number of rotatable bonds is 4. The topological polar surface area (TPSA) is 90.9 Å². The molecular formula is C18H23NO6. The second-order valence-corrected chi connectivity index (χ2v) is 6.30. The predicted octanol–water partition coefficient (Wildman–Crippen LogP) is 2.96. The molecule has 1 rings (SSSR count). The lowest BCUT2D eigenvalue weighted by Gasteiger charge is -2.20. The van der Waals surface area contributed by atoms with Gasteiger partial charge in [0.15, 0.2) is 0 Å². The molecule has 7 heteroatoms. The van der Waals surface area contributed by atoms with Gasteiger partial charge in [-0.15, -0.1) is 0 Å². The summed E-state index contributed by atoms with van der Waals surface area (Å²) in [5, 5.41) is 2.38. The summed E-state index contributed by atoms with van der Waals surface area (Å²) in [6.45, 7) is 8.21. The maximum Gasteiger partial charge on any atom is 0.412 e. The molecule has 0 fully saturated rings. The number of ether oxygens (including phenoxy) is 3. The first-order chi connectivity index (χ1) is 11.5. The van der Waals surface area contributed by atoms with E-state index >= 15 is 0 Å². The number of methoxy groups -OCH3 is 1. The Kier molecular flexibility index (Phi) is 6.73. The number of aryl methyl sites for hydroxylation is 1. The number of alkyl carbamates (subject to hydrolysis) is 1. The van der Waals surface area contributed by atoms with Gasteiger partial charge in [-0.25, -0.2) is 9.59 Å². The Morgan fingerprint density at radius 2 is 1.80 bits per heavy atom. The lowest BCUT2D eigenvalue weighted by molar-refractivity contribution is -0.136. The van der Waals surface area contributed by atoms with Gasteiger partial charge in [0.1, 0.15) is 17.0 Å². The third kappa shape index (κ3) is 7.07. The van der Waals surface area contributed by atoms with Crippen molar-refractivity contribution in [3.63, 3.8) is 0 Å². The second-order valence-electron chi connectivity index (χ2n) is 6.30. The molecule has 0 aliphatic heterocycles. The zero-order valence-corrected chi connectivity index (χ0v) is 15.3. The number of carbonyl (C=O) groups excluding carboxylic acids is 3. The Balaban J connectivity index is 3.07. The average molecular weight is 349 g/mol. The molecule has 0 unspecified atom stereocenters. The molecule has 0 aromatic heterocycles. The second kappa shape index (κ2) is 8.32. The highest BCUT2D eigenvalue weighted by atomic mass is 16.6. The van der Waals surface area contributed by atoms with Gasteiger partial charge in [-0.2, -0.15) is 0 Å². The summed E-state index contributed by atoms with van der Waals surface area (Å²) in [4.78, 5) is 34.8. The minimum absolute atomic E-state index is 0.0728. The minimum Gasteiger partial charge on any atom is -0.464 e. The van der Waals surface area contributed by atoms with Gasteiger partial charge >= 0.3 is 18.0 Å². The fourth-order valence-electron chi connectivity index (χ4n) is 1.87. The molecule has 136 valence electrons. The van der Waals surface area contributed by atoms with Crippen molar-refractivity contribution in [1.29, 1.82) is 0 Å². The molecule has 0 saturated heterocycles. The molecule has 0 spiro atoms.